The first-order chi connectivity index (χ1) is 7.20. The third-order valence-corrected chi connectivity index (χ3v) is 2.10. The summed E-state index contributed by atoms with van der Waals surface area (Å²) in [6.07, 6.45) is 5.19. The van der Waals surface area contributed by atoms with Crippen molar-refractivity contribution < 1.29 is 9.53 Å². The van der Waals surface area contributed by atoms with E-state index in [4.69, 9.17) is 4.74 Å². The highest BCUT2D eigenvalue weighted by molar-refractivity contribution is 5.97. The van der Waals surface area contributed by atoms with E-state index in [-0.39, 0.29) is 5.97 Å². The SMILES string of the molecule is CCCCCCN=C(C)CC(=O)OCC. The molecule has 0 N–H and O–H groups in total. The Bertz CT molecular complexity index is 200. The van der Waals surface area contributed by atoms with Gasteiger partial charge in [0.1, 0.15) is 0 Å². The topological polar surface area (TPSA) is 38.7 Å². The second-order valence-electron chi connectivity index (χ2n) is 3.66. The van der Waals surface area contributed by atoms with Gasteiger partial charge in [0.25, 0.3) is 0 Å². The zero-order chi connectivity index (χ0) is 11.5. The maximum absolute atomic E-state index is 11.1. The van der Waals surface area contributed by atoms with Crippen molar-refractivity contribution in [3.05, 3.63) is 0 Å². The molecule has 0 aliphatic rings. The van der Waals surface area contributed by atoms with Gasteiger partial charge >= 0.3 is 5.97 Å². The summed E-state index contributed by atoms with van der Waals surface area (Å²) in [5.74, 6) is -0.174. The molecule has 0 saturated carbocycles. The number of rotatable bonds is 8. The lowest BCUT2D eigenvalue weighted by Crippen LogP contribution is -2.09. The molecular weight excluding hydrogens is 190 g/mol. The molecule has 0 rings (SSSR count). The number of carbonyl (C=O) groups excluding carboxylic acids is 1. The van der Waals surface area contributed by atoms with Crippen molar-refractivity contribution in [2.75, 3.05) is 13.2 Å². The first-order valence-corrected chi connectivity index (χ1v) is 5.86. The molecule has 0 heterocycles. The van der Waals surface area contributed by atoms with Crippen LogP contribution in [0.2, 0.25) is 0 Å². The minimum atomic E-state index is -0.174. The molecule has 0 unspecified atom stereocenters. The Morgan fingerprint density at radius 2 is 1.93 bits per heavy atom. The van der Waals surface area contributed by atoms with Gasteiger partial charge in [-0.3, -0.25) is 9.79 Å². The standard InChI is InChI=1S/C12H23NO2/c1-4-6-7-8-9-13-11(3)10-12(14)15-5-2/h4-10H2,1-3H3. The first kappa shape index (κ1) is 14.1. The highest BCUT2D eigenvalue weighted by atomic mass is 16.5. The quantitative estimate of drug-likeness (QED) is 0.353. The van der Waals surface area contributed by atoms with E-state index in [1.165, 1.54) is 19.3 Å². The van der Waals surface area contributed by atoms with Gasteiger partial charge in [0, 0.05) is 12.3 Å². The lowest BCUT2D eigenvalue weighted by Gasteiger charge is -2.01. The number of unbranched alkanes of at least 4 members (excludes halogenated alkanes) is 3. The molecule has 0 saturated heterocycles. The highest BCUT2D eigenvalue weighted by Crippen LogP contribution is 1.99. The molecule has 0 radical (unpaired) electrons. The summed E-state index contributed by atoms with van der Waals surface area (Å²) in [6, 6.07) is 0. The Morgan fingerprint density at radius 1 is 1.20 bits per heavy atom. The van der Waals surface area contributed by atoms with Gasteiger partial charge in [-0.05, 0) is 20.3 Å². The maximum Gasteiger partial charge on any atom is 0.311 e. The summed E-state index contributed by atoms with van der Waals surface area (Å²) in [5, 5.41) is 0. The van der Waals surface area contributed by atoms with Crippen LogP contribution in [0.15, 0.2) is 4.99 Å². The molecule has 0 aromatic heterocycles. The molecule has 0 spiro atoms. The monoisotopic (exact) mass is 213 g/mol. The number of aliphatic imine (C=N–C) groups is 1. The fourth-order valence-electron chi connectivity index (χ4n) is 1.29. The van der Waals surface area contributed by atoms with Crippen LogP contribution < -0.4 is 0 Å². The zero-order valence-corrected chi connectivity index (χ0v) is 10.2. The molecule has 0 aliphatic carbocycles. The maximum atomic E-state index is 11.1. The normalized spacial score (nSPS) is 11.5. The lowest BCUT2D eigenvalue weighted by molar-refractivity contribution is -0.141. The third kappa shape index (κ3) is 9.44. The zero-order valence-electron chi connectivity index (χ0n) is 10.2. The van der Waals surface area contributed by atoms with E-state index in [0.29, 0.717) is 13.0 Å². The van der Waals surface area contributed by atoms with Gasteiger partial charge in [0.15, 0.2) is 0 Å². The fourth-order valence-corrected chi connectivity index (χ4v) is 1.29. The van der Waals surface area contributed by atoms with Crippen LogP contribution in [-0.2, 0) is 9.53 Å². The number of nitrogens with zero attached hydrogens (tertiary/aromatic N) is 1. The summed E-state index contributed by atoms with van der Waals surface area (Å²) >= 11 is 0. The van der Waals surface area contributed by atoms with E-state index >= 15 is 0 Å². The van der Waals surface area contributed by atoms with Crippen LogP contribution in [0.4, 0.5) is 0 Å². The molecule has 3 heteroatoms. The summed E-state index contributed by atoms with van der Waals surface area (Å²) in [5.41, 5.74) is 0.880. The molecule has 3 nitrogen and oxygen atoms in total. The van der Waals surface area contributed by atoms with E-state index < -0.39 is 0 Å². The van der Waals surface area contributed by atoms with Gasteiger partial charge in [0.2, 0.25) is 0 Å². The van der Waals surface area contributed by atoms with Crippen LogP contribution in [0.3, 0.4) is 0 Å². The average Bonchev–Trinajstić information content (AvgIpc) is 2.17. The number of carbonyl (C=O) groups is 1. The second kappa shape index (κ2) is 9.69. The predicted molar refractivity (Wildman–Crippen MR) is 63.4 cm³/mol. The molecule has 0 bridgehead atoms. The largest absolute Gasteiger partial charge is 0.466 e. The van der Waals surface area contributed by atoms with E-state index in [1.54, 1.807) is 0 Å². The summed E-state index contributed by atoms with van der Waals surface area (Å²) in [4.78, 5) is 15.4. The van der Waals surface area contributed by atoms with Crippen molar-refractivity contribution in [3.63, 3.8) is 0 Å². The Hall–Kier alpha value is -0.860. The van der Waals surface area contributed by atoms with Crippen LogP contribution in [0.1, 0.15) is 52.9 Å². The predicted octanol–water partition coefficient (Wildman–Crippen LogP) is 2.98. The van der Waals surface area contributed by atoms with Crippen molar-refractivity contribution in [1.82, 2.24) is 0 Å². The molecule has 15 heavy (non-hydrogen) atoms. The van der Waals surface area contributed by atoms with Gasteiger partial charge in [-0.25, -0.2) is 0 Å². The van der Waals surface area contributed by atoms with E-state index in [0.717, 1.165) is 18.7 Å². The molecule has 0 atom stereocenters. The number of esters is 1. The van der Waals surface area contributed by atoms with Crippen molar-refractivity contribution >= 4 is 11.7 Å². The molecule has 0 fully saturated rings. The second-order valence-corrected chi connectivity index (χ2v) is 3.66. The van der Waals surface area contributed by atoms with E-state index in [9.17, 15) is 4.79 Å². The Kier molecular flexibility index (Phi) is 9.13. The summed E-state index contributed by atoms with van der Waals surface area (Å²) in [6.45, 7) is 7.18. The lowest BCUT2D eigenvalue weighted by atomic mass is 10.2. The molecular formula is C12H23NO2. The average molecular weight is 213 g/mol. The minimum Gasteiger partial charge on any atom is -0.466 e. The van der Waals surface area contributed by atoms with Crippen molar-refractivity contribution in [2.24, 2.45) is 4.99 Å². The minimum absolute atomic E-state index is 0.174. The third-order valence-electron chi connectivity index (χ3n) is 2.10. The Balaban J connectivity index is 3.55. The van der Waals surface area contributed by atoms with Gasteiger partial charge in [0.05, 0.1) is 13.0 Å². The number of hydrogen-bond acceptors (Lipinski definition) is 3. The van der Waals surface area contributed by atoms with Gasteiger partial charge < -0.3 is 4.74 Å². The van der Waals surface area contributed by atoms with Crippen LogP contribution in [0.25, 0.3) is 0 Å². The van der Waals surface area contributed by atoms with Crippen LogP contribution in [0.5, 0.6) is 0 Å². The molecule has 0 aromatic rings. The van der Waals surface area contributed by atoms with Gasteiger partial charge in [-0.1, -0.05) is 26.2 Å². The number of ether oxygens (including phenoxy) is 1. The van der Waals surface area contributed by atoms with Crippen LogP contribution >= 0.6 is 0 Å². The van der Waals surface area contributed by atoms with Crippen molar-refractivity contribution in [1.29, 1.82) is 0 Å². The van der Waals surface area contributed by atoms with Gasteiger partial charge in [-0.15, -0.1) is 0 Å². The summed E-state index contributed by atoms with van der Waals surface area (Å²) < 4.78 is 4.84. The number of hydrogen-bond donors (Lipinski definition) is 0. The van der Waals surface area contributed by atoms with Gasteiger partial charge in [-0.2, -0.15) is 0 Å². The Morgan fingerprint density at radius 3 is 2.53 bits per heavy atom. The van der Waals surface area contributed by atoms with E-state index in [2.05, 4.69) is 11.9 Å². The highest BCUT2D eigenvalue weighted by Gasteiger charge is 2.02. The molecule has 0 aliphatic heterocycles. The van der Waals surface area contributed by atoms with Crippen molar-refractivity contribution in [3.8, 4) is 0 Å². The van der Waals surface area contributed by atoms with Crippen LogP contribution in [-0.4, -0.2) is 24.8 Å². The summed E-state index contributed by atoms with van der Waals surface area (Å²) in [7, 11) is 0. The van der Waals surface area contributed by atoms with E-state index in [1.807, 2.05) is 13.8 Å². The fraction of sp³-hybridized carbons (Fsp3) is 0.833. The molecule has 88 valence electrons. The van der Waals surface area contributed by atoms with Crippen molar-refractivity contribution in [2.45, 2.75) is 52.9 Å². The smallest absolute Gasteiger partial charge is 0.311 e. The molecule has 0 aromatic carbocycles. The first-order valence-electron chi connectivity index (χ1n) is 5.86. The van der Waals surface area contributed by atoms with Crippen LogP contribution in [0, 0.1) is 0 Å². The molecule has 0 amide bonds. The Labute approximate surface area is 92.9 Å².